The Kier molecular flexibility index (Phi) is 5.86. The van der Waals surface area contributed by atoms with Crippen LogP contribution in [0, 0.1) is 13.8 Å². The fourth-order valence-corrected chi connectivity index (χ4v) is 3.79. The second-order valence-corrected chi connectivity index (χ2v) is 7.29. The van der Waals surface area contributed by atoms with E-state index >= 15 is 0 Å². The predicted molar refractivity (Wildman–Crippen MR) is 111 cm³/mol. The largest absolute Gasteiger partial charge is 0.326 e. The number of nitrogens with zero attached hydrogens (tertiary/aromatic N) is 3. The van der Waals surface area contributed by atoms with Gasteiger partial charge in [0, 0.05) is 22.3 Å². The normalized spacial score (nSPS) is 10.8. The third kappa shape index (κ3) is 4.34. The van der Waals surface area contributed by atoms with Crippen molar-refractivity contribution >= 4 is 22.9 Å². The molecule has 0 spiro atoms. The van der Waals surface area contributed by atoms with E-state index in [9.17, 15) is 4.79 Å². The molecule has 0 aliphatic carbocycles. The number of nitrogens with one attached hydrogen (secondary N) is 1. The SMILES string of the molecule is C=CCc1c(C)nn(-c2nc(CC(=O)Nc3ccc(CC)cc3)cs2)c1C. The fraction of sp³-hybridized carbons (Fsp3) is 0.286. The third-order valence-corrected chi connectivity index (χ3v) is 5.36. The second-order valence-electron chi connectivity index (χ2n) is 6.45. The van der Waals surface area contributed by atoms with E-state index in [-0.39, 0.29) is 12.3 Å². The van der Waals surface area contributed by atoms with Crippen LogP contribution in [0.3, 0.4) is 0 Å². The minimum Gasteiger partial charge on any atom is -0.326 e. The van der Waals surface area contributed by atoms with Crippen molar-refractivity contribution < 1.29 is 4.79 Å². The number of carbonyl (C=O) groups excluding carboxylic acids is 1. The molecule has 3 aromatic rings. The van der Waals surface area contributed by atoms with E-state index in [0.717, 1.165) is 40.7 Å². The summed E-state index contributed by atoms with van der Waals surface area (Å²) < 4.78 is 1.85. The van der Waals surface area contributed by atoms with Gasteiger partial charge in [0.05, 0.1) is 17.8 Å². The Morgan fingerprint density at radius 3 is 2.70 bits per heavy atom. The monoisotopic (exact) mass is 380 g/mol. The van der Waals surface area contributed by atoms with Crippen LogP contribution < -0.4 is 5.32 Å². The smallest absolute Gasteiger partial charge is 0.230 e. The first-order valence-electron chi connectivity index (χ1n) is 9.01. The van der Waals surface area contributed by atoms with E-state index in [1.165, 1.54) is 22.5 Å². The first-order chi connectivity index (χ1) is 13.0. The maximum atomic E-state index is 12.3. The van der Waals surface area contributed by atoms with Gasteiger partial charge in [0.15, 0.2) is 0 Å². The average Bonchev–Trinajstić information content (AvgIpc) is 3.22. The first-order valence-corrected chi connectivity index (χ1v) is 9.89. The lowest BCUT2D eigenvalue weighted by atomic mass is 10.1. The second kappa shape index (κ2) is 8.31. The van der Waals surface area contributed by atoms with Crippen LogP contribution in [0.25, 0.3) is 5.13 Å². The Morgan fingerprint density at radius 1 is 1.30 bits per heavy atom. The summed E-state index contributed by atoms with van der Waals surface area (Å²) in [5.74, 6) is -0.0724. The number of anilines is 1. The number of carbonyl (C=O) groups is 1. The van der Waals surface area contributed by atoms with Gasteiger partial charge in [0.2, 0.25) is 11.0 Å². The molecule has 2 heterocycles. The highest BCUT2D eigenvalue weighted by atomic mass is 32.1. The summed E-state index contributed by atoms with van der Waals surface area (Å²) in [6.45, 7) is 9.94. The summed E-state index contributed by atoms with van der Waals surface area (Å²) in [5, 5.41) is 10.2. The number of hydrogen-bond acceptors (Lipinski definition) is 4. The van der Waals surface area contributed by atoms with Crippen molar-refractivity contribution in [3.8, 4) is 5.13 Å². The molecule has 27 heavy (non-hydrogen) atoms. The van der Waals surface area contributed by atoms with Crippen LogP contribution in [0.5, 0.6) is 0 Å². The van der Waals surface area contributed by atoms with Crippen molar-refractivity contribution in [3.05, 3.63) is 70.5 Å². The highest BCUT2D eigenvalue weighted by Crippen LogP contribution is 2.22. The predicted octanol–water partition coefficient (Wildman–Crippen LogP) is 4.42. The molecule has 1 aromatic carbocycles. The van der Waals surface area contributed by atoms with Crippen LogP contribution in [0.15, 0.2) is 42.3 Å². The molecule has 1 amide bonds. The molecule has 5 nitrogen and oxygen atoms in total. The zero-order valence-corrected chi connectivity index (χ0v) is 16.8. The Labute approximate surface area is 163 Å². The maximum absolute atomic E-state index is 12.3. The number of thiazole rings is 1. The van der Waals surface area contributed by atoms with Gasteiger partial charge in [-0.05, 0) is 44.4 Å². The lowest BCUT2D eigenvalue weighted by molar-refractivity contribution is -0.115. The summed E-state index contributed by atoms with van der Waals surface area (Å²) in [6.07, 6.45) is 3.89. The van der Waals surface area contributed by atoms with Crippen molar-refractivity contribution in [1.82, 2.24) is 14.8 Å². The fourth-order valence-electron chi connectivity index (χ4n) is 2.97. The lowest BCUT2D eigenvalue weighted by Crippen LogP contribution is -2.14. The zero-order chi connectivity index (χ0) is 19.4. The Bertz CT molecular complexity index is 953. The Hall–Kier alpha value is -2.73. The van der Waals surface area contributed by atoms with Crippen LogP contribution in [-0.4, -0.2) is 20.7 Å². The molecular weight excluding hydrogens is 356 g/mol. The van der Waals surface area contributed by atoms with Gasteiger partial charge in [-0.1, -0.05) is 25.1 Å². The summed E-state index contributed by atoms with van der Waals surface area (Å²) >= 11 is 1.49. The van der Waals surface area contributed by atoms with E-state index in [0.29, 0.717) is 0 Å². The van der Waals surface area contributed by atoms with E-state index in [4.69, 9.17) is 0 Å². The molecule has 0 atom stereocenters. The quantitative estimate of drug-likeness (QED) is 0.617. The van der Waals surface area contributed by atoms with Crippen LogP contribution >= 0.6 is 11.3 Å². The highest BCUT2D eigenvalue weighted by molar-refractivity contribution is 7.12. The lowest BCUT2D eigenvalue weighted by Gasteiger charge is -2.05. The number of amides is 1. The molecule has 1 N–H and O–H groups in total. The van der Waals surface area contributed by atoms with Gasteiger partial charge in [-0.25, -0.2) is 9.67 Å². The molecule has 3 rings (SSSR count). The van der Waals surface area contributed by atoms with Crippen LogP contribution in [0.2, 0.25) is 0 Å². The number of allylic oxidation sites excluding steroid dienone is 1. The molecule has 140 valence electrons. The van der Waals surface area contributed by atoms with Crippen molar-refractivity contribution in [2.45, 2.75) is 40.0 Å². The summed E-state index contributed by atoms with van der Waals surface area (Å²) in [7, 11) is 0. The summed E-state index contributed by atoms with van der Waals surface area (Å²) in [6, 6.07) is 7.92. The molecule has 0 unspecified atom stereocenters. The molecule has 0 bridgehead atoms. The molecule has 0 radical (unpaired) electrons. The van der Waals surface area contributed by atoms with Gasteiger partial charge in [-0.2, -0.15) is 5.10 Å². The topological polar surface area (TPSA) is 59.8 Å². The third-order valence-electron chi connectivity index (χ3n) is 4.50. The Morgan fingerprint density at radius 2 is 2.04 bits per heavy atom. The number of aryl methyl sites for hydroxylation is 2. The van der Waals surface area contributed by atoms with Crippen molar-refractivity contribution in [2.75, 3.05) is 5.32 Å². The van der Waals surface area contributed by atoms with Gasteiger partial charge in [-0.3, -0.25) is 4.79 Å². The summed E-state index contributed by atoms with van der Waals surface area (Å²) in [5.41, 5.74) is 6.02. The van der Waals surface area contributed by atoms with Crippen LogP contribution in [-0.2, 0) is 24.1 Å². The van der Waals surface area contributed by atoms with Gasteiger partial charge in [-0.15, -0.1) is 17.9 Å². The van der Waals surface area contributed by atoms with Gasteiger partial charge >= 0.3 is 0 Å². The first kappa shape index (κ1) is 19.0. The number of hydrogen-bond donors (Lipinski definition) is 1. The van der Waals surface area contributed by atoms with E-state index in [2.05, 4.69) is 28.9 Å². The highest BCUT2D eigenvalue weighted by Gasteiger charge is 2.15. The van der Waals surface area contributed by atoms with Crippen LogP contribution in [0.1, 0.15) is 35.1 Å². The van der Waals surface area contributed by atoms with Crippen LogP contribution in [0.4, 0.5) is 5.69 Å². The average molecular weight is 381 g/mol. The van der Waals surface area contributed by atoms with Crippen molar-refractivity contribution in [3.63, 3.8) is 0 Å². The van der Waals surface area contributed by atoms with E-state index in [1.807, 2.05) is 54.3 Å². The van der Waals surface area contributed by atoms with Crippen molar-refractivity contribution in [2.24, 2.45) is 0 Å². The maximum Gasteiger partial charge on any atom is 0.230 e. The molecule has 0 aliphatic rings. The zero-order valence-electron chi connectivity index (χ0n) is 16.0. The number of aromatic nitrogens is 3. The molecule has 0 saturated heterocycles. The van der Waals surface area contributed by atoms with E-state index in [1.54, 1.807) is 0 Å². The Balaban J connectivity index is 1.69. The molecule has 6 heteroatoms. The minimum absolute atomic E-state index is 0.0724. The van der Waals surface area contributed by atoms with Gasteiger partial charge in [0.25, 0.3) is 0 Å². The molecule has 0 aliphatic heterocycles. The standard InChI is InChI=1S/C21H24N4OS/c1-5-7-19-14(3)24-25(15(19)4)21-23-18(13-27-21)12-20(26)22-17-10-8-16(6-2)9-11-17/h5,8-11,13H,1,6-7,12H2,2-4H3,(H,22,26). The molecule has 0 fully saturated rings. The number of benzene rings is 1. The molecule has 2 aromatic heterocycles. The van der Waals surface area contributed by atoms with Gasteiger partial charge < -0.3 is 5.32 Å². The van der Waals surface area contributed by atoms with Gasteiger partial charge in [0.1, 0.15) is 0 Å². The number of rotatable bonds is 7. The molecule has 0 saturated carbocycles. The van der Waals surface area contributed by atoms with E-state index < -0.39 is 0 Å². The minimum atomic E-state index is -0.0724. The van der Waals surface area contributed by atoms with Crippen molar-refractivity contribution in [1.29, 1.82) is 0 Å². The molecular formula is C21H24N4OS. The summed E-state index contributed by atoms with van der Waals surface area (Å²) in [4.78, 5) is 16.9.